The van der Waals surface area contributed by atoms with Gasteiger partial charge in [0.1, 0.15) is 11.0 Å². The number of methoxy groups -OCH3 is 2. The third-order valence-electron chi connectivity index (χ3n) is 6.58. The first-order valence-electron chi connectivity index (χ1n) is 16.1. The number of nitrogen functional groups attached to an aromatic ring is 1. The number of hydrogen-bond acceptors (Lipinski definition) is 11. The molecule has 4 aromatic carbocycles. The van der Waals surface area contributed by atoms with E-state index < -0.39 is 17.2 Å². The number of carbonyl (C=O) groups excluding carboxylic acids is 4. The highest BCUT2D eigenvalue weighted by Crippen LogP contribution is 2.23. The van der Waals surface area contributed by atoms with Gasteiger partial charge in [-0.05, 0) is 60.1 Å². The first kappa shape index (κ1) is 53.5. The third kappa shape index (κ3) is 22.1. The Kier molecular flexibility index (Phi) is 29.4. The Morgan fingerprint density at radius 1 is 0.632 bits per heavy atom. The number of nitrogens with one attached hydrogen (secondary N) is 1. The summed E-state index contributed by atoms with van der Waals surface area (Å²) in [6.07, 6.45) is 0.221. The number of alkyl halides is 7. The molecule has 12 nitrogen and oxygen atoms in total. The lowest BCUT2D eigenvalue weighted by atomic mass is 10.2. The molecule has 0 aliphatic rings. The Labute approximate surface area is 413 Å². The first-order valence-corrected chi connectivity index (χ1v) is 24.3. The number of benzene rings is 4. The number of halogens is 8. The van der Waals surface area contributed by atoms with Crippen molar-refractivity contribution in [1.82, 2.24) is 19.9 Å². The smallest absolute Gasteiger partial charge is 0.306 e. The number of fused-ring (bicyclic) bond motifs is 4. The largest absolute Gasteiger partial charge is 0.469 e. The topological polar surface area (TPSA) is 176 Å². The van der Waals surface area contributed by atoms with Gasteiger partial charge in [0.25, 0.3) is 0 Å². The van der Waals surface area contributed by atoms with E-state index in [9.17, 15) is 19.2 Å². The molecule has 0 radical (unpaired) electrons. The maximum absolute atomic E-state index is 12.0. The number of amides is 1. The van der Waals surface area contributed by atoms with E-state index in [0.29, 0.717) is 22.4 Å². The number of rotatable bonds is 7. The Morgan fingerprint density at radius 3 is 1.44 bits per heavy atom. The molecule has 0 fully saturated rings. The van der Waals surface area contributed by atoms with Crippen molar-refractivity contribution >= 4 is 226 Å². The molecule has 57 heavy (non-hydrogen) atoms. The standard InChI is InChI=1S/C17H15N3O3.C12H9N3.C5H7ClO3.CH2Cl2.CHI3.CH2I2/c1-23-16(22)10-9-15(21)19-14-8-4-7-13-17(14)20-12-6-3-2-5-11(12)18-13;13-8-4-3-7-11-12(8)15-10-6-2-1-5-9(10)14-11;1-9-5(8)3-2-4(6)7;2-1-3;2-1(3)4;2-1-3/h2-8H,9-10H2,1H3,(H,19,21);1-7H,13H2;2-3H2,1H3;1H2;1H;1H2. The van der Waals surface area contributed by atoms with Gasteiger partial charge in [0, 0.05) is 12.8 Å². The summed E-state index contributed by atoms with van der Waals surface area (Å²) >= 11 is 26.0. The second-order valence-electron chi connectivity index (χ2n) is 10.3. The highest BCUT2D eigenvalue weighted by atomic mass is 127. The van der Waals surface area contributed by atoms with Crippen LogP contribution in [-0.2, 0) is 28.7 Å². The number of ether oxygens (including phenoxy) is 2. The van der Waals surface area contributed by atoms with Gasteiger partial charge in [0.15, 0.2) is 0 Å². The van der Waals surface area contributed by atoms with Crippen LogP contribution in [0, 0.1) is 0 Å². The minimum absolute atomic E-state index is 0.0434. The highest BCUT2D eigenvalue weighted by molar-refractivity contribution is 14.3. The van der Waals surface area contributed by atoms with Crippen molar-refractivity contribution < 1.29 is 28.7 Å². The lowest BCUT2D eigenvalue weighted by Crippen LogP contribution is -2.14. The molecule has 0 saturated carbocycles. The van der Waals surface area contributed by atoms with Crippen molar-refractivity contribution in [3.05, 3.63) is 84.9 Å². The average molecular weight is 1400 g/mol. The number of hydrogen-bond donors (Lipinski definition) is 2. The fraction of sp³-hybridized carbons (Fsp3) is 0.243. The quantitative estimate of drug-likeness (QED) is 0.0388. The summed E-state index contributed by atoms with van der Waals surface area (Å²) in [4.78, 5) is 61.5. The maximum Gasteiger partial charge on any atom is 0.306 e. The van der Waals surface area contributed by atoms with Crippen molar-refractivity contribution in [2.75, 3.05) is 33.0 Å². The molecule has 0 saturated heterocycles. The average Bonchev–Trinajstić information content (AvgIpc) is 3.19. The van der Waals surface area contributed by atoms with E-state index in [1.165, 1.54) is 16.7 Å². The Morgan fingerprint density at radius 2 is 1.00 bits per heavy atom. The molecule has 2 aromatic heterocycles. The summed E-state index contributed by atoms with van der Waals surface area (Å²) in [6.45, 7) is 0. The molecule has 0 bridgehead atoms. The molecule has 0 aliphatic carbocycles. The van der Waals surface area contributed by atoms with Gasteiger partial charge >= 0.3 is 11.9 Å². The molecule has 2 heterocycles. The third-order valence-corrected chi connectivity index (χ3v) is 6.77. The molecule has 3 N–H and O–H groups in total. The summed E-state index contributed by atoms with van der Waals surface area (Å²) in [7, 11) is 2.56. The van der Waals surface area contributed by atoms with Gasteiger partial charge in [-0.3, -0.25) is 19.2 Å². The van der Waals surface area contributed by atoms with Crippen molar-refractivity contribution in [3.8, 4) is 0 Å². The van der Waals surface area contributed by atoms with Gasteiger partial charge in [-0.2, -0.15) is 0 Å². The molecular formula is C37H36Cl3I5N6O6. The van der Waals surface area contributed by atoms with E-state index >= 15 is 0 Å². The molecule has 0 atom stereocenters. The predicted octanol–water partition coefficient (Wildman–Crippen LogP) is 11.6. The van der Waals surface area contributed by atoms with Crippen LogP contribution in [0.4, 0.5) is 11.4 Å². The second kappa shape index (κ2) is 31.4. The van der Waals surface area contributed by atoms with Crippen LogP contribution in [0.15, 0.2) is 84.9 Å². The lowest BCUT2D eigenvalue weighted by molar-refractivity contribution is -0.142. The van der Waals surface area contributed by atoms with Crippen molar-refractivity contribution in [3.63, 3.8) is 0 Å². The van der Waals surface area contributed by atoms with E-state index in [0.717, 1.165) is 33.0 Å². The van der Waals surface area contributed by atoms with Crippen LogP contribution in [0.5, 0.6) is 0 Å². The van der Waals surface area contributed by atoms with Crippen LogP contribution in [0.2, 0.25) is 0 Å². The molecule has 0 unspecified atom stereocenters. The minimum atomic E-state index is -0.514. The van der Waals surface area contributed by atoms with E-state index in [2.05, 4.69) is 148 Å². The zero-order valence-corrected chi connectivity index (χ0v) is 43.3. The number of anilines is 2. The summed E-state index contributed by atoms with van der Waals surface area (Å²) in [5.41, 5.74) is 13.4. The van der Waals surface area contributed by atoms with Crippen LogP contribution in [0.25, 0.3) is 44.1 Å². The molecule has 1 amide bonds. The van der Waals surface area contributed by atoms with Gasteiger partial charge in [-0.1, -0.05) is 149 Å². The van der Waals surface area contributed by atoms with E-state index in [4.69, 9.17) is 40.5 Å². The number of esters is 2. The predicted molar refractivity (Wildman–Crippen MR) is 276 cm³/mol. The van der Waals surface area contributed by atoms with Crippen molar-refractivity contribution in [1.29, 1.82) is 0 Å². The van der Waals surface area contributed by atoms with Crippen LogP contribution in [-0.4, -0.2) is 65.0 Å². The molecule has 0 spiro atoms. The van der Waals surface area contributed by atoms with Crippen LogP contribution in [0.1, 0.15) is 25.7 Å². The minimum Gasteiger partial charge on any atom is -0.469 e. The maximum atomic E-state index is 12.0. The number of carbonyl (C=O) groups is 4. The number of nitrogens with zero attached hydrogens (tertiary/aromatic N) is 4. The summed E-state index contributed by atoms with van der Waals surface area (Å²) < 4.78 is 10.7. The SMILES string of the molecule is COC(=O)CCC(=O)Cl.COC(=O)CCC(=O)Nc1cccc2nc3ccccc3nc12.ClCCl.IC(I)I.ICI.Nc1cccc2nc3ccccc3nc12. The van der Waals surface area contributed by atoms with Gasteiger partial charge in [-0.15, -0.1) is 23.2 Å². The zero-order valence-electron chi connectivity index (χ0n) is 30.2. The lowest BCUT2D eigenvalue weighted by Gasteiger charge is -2.08. The van der Waals surface area contributed by atoms with Gasteiger partial charge in [-0.25, -0.2) is 19.9 Å². The normalized spacial score (nSPS) is 9.81. The van der Waals surface area contributed by atoms with Gasteiger partial charge in [0.2, 0.25) is 11.1 Å². The molecule has 0 aliphatic heterocycles. The summed E-state index contributed by atoms with van der Waals surface area (Å²) in [6, 6.07) is 26.4. The Bertz CT molecular complexity index is 2190. The fourth-order valence-corrected chi connectivity index (χ4v) is 4.33. The molecule has 6 aromatic rings. The number of nitrogens with two attached hydrogens (primary N) is 1. The molecule has 306 valence electrons. The van der Waals surface area contributed by atoms with Crippen molar-refractivity contribution in [2.24, 2.45) is 0 Å². The second-order valence-corrected chi connectivity index (χ2v) is 26.9. The summed E-state index contributed by atoms with van der Waals surface area (Å²) in [5, 5.41) is 2.46. The van der Waals surface area contributed by atoms with Gasteiger partial charge in [0.05, 0.1) is 79.3 Å². The van der Waals surface area contributed by atoms with Gasteiger partial charge < -0.3 is 20.5 Å². The fourth-order valence-electron chi connectivity index (χ4n) is 4.24. The van der Waals surface area contributed by atoms with Crippen molar-refractivity contribution in [2.45, 2.75) is 25.6 Å². The van der Waals surface area contributed by atoms with Crippen LogP contribution < -0.4 is 11.1 Å². The van der Waals surface area contributed by atoms with E-state index in [1.807, 2.05) is 78.9 Å². The molecule has 6 rings (SSSR count). The number of aromatic nitrogens is 4. The summed E-state index contributed by atoms with van der Waals surface area (Å²) in [5.74, 6) is -1.09. The molecular weight excluding hydrogens is 1370 g/mol. The first-order chi connectivity index (χ1) is 27.2. The van der Waals surface area contributed by atoms with Crippen LogP contribution >= 0.6 is 148 Å². The van der Waals surface area contributed by atoms with Crippen LogP contribution in [0.3, 0.4) is 0 Å². The monoisotopic (exact) mass is 1400 g/mol. The molecule has 20 heteroatoms. The van der Waals surface area contributed by atoms with E-state index in [-0.39, 0.29) is 36.9 Å². The highest BCUT2D eigenvalue weighted by Gasteiger charge is 2.11. The number of para-hydroxylation sites is 6. The zero-order chi connectivity index (χ0) is 42.8. The Balaban J connectivity index is 0.000000410. The Hall–Kier alpha value is -1.52. The van der Waals surface area contributed by atoms with E-state index in [1.54, 1.807) is 6.07 Å².